The molecule has 0 aliphatic rings. The van der Waals surface area contributed by atoms with Crippen molar-refractivity contribution in [3.63, 3.8) is 0 Å². The third kappa shape index (κ3) is 3.14. The van der Waals surface area contributed by atoms with Gasteiger partial charge in [-0.25, -0.2) is 0 Å². The molecule has 0 aliphatic carbocycles. The average Bonchev–Trinajstić information content (AvgIpc) is 2.31. The zero-order chi connectivity index (χ0) is 13.1. The van der Waals surface area contributed by atoms with Gasteiger partial charge in [-0.05, 0) is 43.3 Å². The van der Waals surface area contributed by atoms with Gasteiger partial charge in [0, 0.05) is 9.50 Å². The van der Waals surface area contributed by atoms with Gasteiger partial charge in [0.1, 0.15) is 0 Å². The van der Waals surface area contributed by atoms with Crippen molar-refractivity contribution in [1.29, 1.82) is 0 Å². The molecule has 2 aromatic rings. The van der Waals surface area contributed by atoms with E-state index in [1.807, 2.05) is 19.2 Å². The van der Waals surface area contributed by atoms with Crippen LogP contribution in [-0.2, 0) is 0 Å². The Hall–Kier alpha value is -0.830. The van der Waals surface area contributed by atoms with Crippen LogP contribution in [0.5, 0.6) is 0 Å². The van der Waals surface area contributed by atoms with E-state index in [4.69, 9.17) is 11.6 Å². The number of rotatable bonds is 3. The summed E-state index contributed by atoms with van der Waals surface area (Å²) in [4.78, 5) is 0. The monoisotopic (exact) mass is 323 g/mol. The second-order valence-electron chi connectivity index (χ2n) is 4.34. The molecular weight excluding hydrogens is 310 g/mol. The Labute approximate surface area is 121 Å². The number of benzene rings is 2. The van der Waals surface area contributed by atoms with Crippen LogP contribution in [0.4, 0.5) is 0 Å². The molecule has 0 saturated heterocycles. The fourth-order valence-corrected chi connectivity index (χ4v) is 2.91. The van der Waals surface area contributed by atoms with Gasteiger partial charge in [0.15, 0.2) is 0 Å². The Morgan fingerprint density at radius 3 is 2.28 bits per heavy atom. The number of hydrogen-bond acceptors (Lipinski definition) is 1. The number of nitrogens with one attached hydrogen (secondary N) is 1. The largest absolute Gasteiger partial charge is 0.309 e. The first-order valence-electron chi connectivity index (χ1n) is 5.80. The Bertz CT molecular complexity index is 516. The maximum absolute atomic E-state index is 6.11. The lowest BCUT2D eigenvalue weighted by molar-refractivity contribution is 0.691. The Morgan fingerprint density at radius 2 is 1.72 bits per heavy atom. The lowest BCUT2D eigenvalue weighted by Crippen LogP contribution is -2.17. The average molecular weight is 325 g/mol. The summed E-state index contributed by atoms with van der Waals surface area (Å²) < 4.78 is 0.998. The zero-order valence-corrected chi connectivity index (χ0v) is 12.7. The van der Waals surface area contributed by atoms with Crippen molar-refractivity contribution in [2.75, 3.05) is 7.05 Å². The topological polar surface area (TPSA) is 12.0 Å². The highest BCUT2D eigenvalue weighted by molar-refractivity contribution is 9.10. The third-order valence-corrected chi connectivity index (χ3v) is 3.59. The summed E-state index contributed by atoms with van der Waals surface area (Å²) in [7, 11) is 1.96. The predicted octanol–water partition coefficient (Wildman–Crippen LogP) is 4.72. The molecule has 0 radical (unpaired) electrons. The van der Waals surface area contributed by atoms with Crippen molar-refractivity contribution in [3.05, 3.63) is 68.7 Å². The van der Waals surface area contributed by atoms with Crippen molar-refractivity contribution in [3.8, 4) is 0 Å². The Morgan fingerprint density at radius 1 is 1.06 bits per heavy atom. The summed E-state index contributed by atoms with van der Waals surface area (Å²) in [6.45, 7) is 2.09. The summed E-state index contributed by atoms with van der Waals surface area (Å²) in [6, 6.07) is 14.7. The molecule has 1 nitrogen and oxygen atoms in total. The minimum atomic E-state index is 0.153. The summed E-state index contributed by atoms with van der Waals surface area (Å²) in [6.07, 6.45) is 0. The van der Waals surface area contributed by atoms with Gasteiger partial charge in [0.05, 0.1) is 6.04 Å². The smallest absolute Gasteiger partial charge is 0.0575 e. The van der Waals surface area contributed by atoms with Crippen molar-refractivity contribution < 1.29 is 0 Å². The molecule has 1 N–H and O–H groups in total. The lowest BCUT2D eigenvalue weighted by Gasteiger charge is -2.18. The second kappa shape index (κ2) is 5.87. The summed E-state index contributed by atoms with van der Waals surface area (Å²) >= 11 is 9.59. The van der Waals surface area contributed by atoms with Crippen molar-refractivity contribution >= 4 is 27.5 Å². The standard InChI is InChI=1S/C15H15BrClN/c1-10-3-5-11(6-4-10)15(18-2)12-7-13(16)9-14(17)8-12/h3-9,15,18H,1-2H3. The van der Waals surface area contributed by atoms with Gasteiger partial charge in [0.2, 0.25) is 0 Å². The van der Waals surface area contributed by atoms with E-state index in [0.717, 1.165) is 15.1 Å². The van der Waals surface area contributed by atoms with Crippen molar-refractivity contribution in [2.24, 2.45) is 0 Å². The highest BCUT2D eigenvalue weighted by Crippen LogP contribution is 2.27. The zero-order valence-electron chi connectivity index (χ0n) is 10.4. The van der Waals surface area contributed by atoms with E-state index < -0.39 is 0 Å². The van der Waals surface area contributed by atoms with Crippen molar-refractivity contribution in [1.82, 2.24) is 5.32 Å². The lowest BCUT2D eigenvalue weighted by atomic mass is 9.98. The van der Waals surface area contributed by atoms with E-state index in [2.05, 4.69) is 58.5 Å². The van der Waals surface area contributed by atoms with Gasteiger partial charge in [-0.15, -0.1) is 0 Å². The number of hydrogen-bond donors (Lipinski definition) is 1. The summed E-state index contributed by atoms with van der Waals surface area (Å²) in [5.41, 5.74) is 3.65. The van der Waals surface area contributed by atoms with Gasteiger partial charge in [-0.1, -0.05) is 57.4 Å². The summed E-state index contributed by atoms with van der Waals surface area (Å²) in [5.74, 6) is 0. The van der Waals surface area contributed by atoms with Crippen LogP contribution < -0.4 is 5.32 Å². The normalized spacial score (nSPS) is 12.4. The first-order valence-corrected chi connectivity index (χ1v) is 6.97. The molecule has 2 rings (SSSR count). The third-order valence-electron chi connectivity index (χ3n) is 2.92. The fourth-order valence-electron chi connectivity index (χ4n) is 2.03. The Kier molecular flexibility index (Phi) is 4.44. The molecule has 0 aromatic heterocycles. The molecule has 0 heterocycles. The van der Waals surface area contributed by atoms with Crippen LogP contribution in [0.3, 0.4) is 0 Å². The minimum absolute atomic E-state index is 0.153. The van der Waals surface area contributed by atoms with Crippen LogP contribution in [0.25, 0.3) is 0 Å². The van der Waals surface area contributed by atoms with E-state index in [1.165, 1.54) is 11.1 Å². The van der Waals surface area contributed by atoms with Gasteiger partial charge >= 0.3 is 0 Å². The maximum atomic E-state index is 6.11. The van der Waals surface area contributed by atoms with E-state index in [0.29, 0.717) is 0 Å². The van der Waals surface area contributed by atoms with Crippen molar-refractivity contribution in [2.45, 2.75) is 13.0 Å². The minimum Gasteiger partial charge on any atom is -0.309 e. The maximum Gasteiger partial charge on any atom is 0.0575 e. The highest BCUT2D eigenvalue weighted by atomic mass is 79.9. The van der Waals surface area contributed by atoms with E-state index >= 15 is 0 Å². The van der Waals surface area contributed by atoms with Crippen LogP contribution in [-0.4, -0.2) is 7.05 Å². The fraction of sp³-hybridized carbons (Fsp3) is 0.200. The molecule has 18 heavy (non-hydrogen) atoms. The molecule has 0 saturated carbocycles. The first-order chi connectivity index (χ1) is 8.60. The molecule has 2 aromatic carbocycles. The van der Waals surface area contributed by atoms with Crippen LogP contribution >= 0.6 is 27.5 Å². The predicted molar refractivity (Wildman–Crippen MR) is 81.2 cm³/mol. The van der Waals surface area contributed by atoms with Crippen LogP contribution in [0, 0.1) is 6.92 Å². The quantitative estimate of drug-likeness (QED) is 0.861. The molecule has 1 atom stereocenters. The Balaban J connectivity index is 2.41. The van der Waals surface area contributed by atoms with Crippen LogP contribution in [0.1, 0.15) is 22.7 Å². The van der Waals surface area contributed by atoms with Gasteiger partial charge in [0.25, 0.3) is 0 Å². The number of halogens is 2. The molecule has 0 aliphatic heterocycles. The molecule has 3 heteroatoms. The molecule has 1 unspecified atom stereocenters. The second-order valence-corrected chi connectivity index (χ2v) is 5.69. The summed E-state index contributed by atoms with van der Waals surface area (Å²) in [5, 5.41) is 4.07. The highest BCUT2D eigenvalue weighted by Gasteiger charge is 2.12. The van der Waals surface area contributed by atoms with Crippen LogP contribution in [0.2, 0.25) is 5.02 Å². The molecule has 0 amide bonds. The molecule has 0 fully saturated rings. The molecule has 0 spiro atoms. The van der Waals surface area contributed by atoms with E-state index in [1.54, 1.807) is 0 Å². The van der Waals surface area contributed by atoms with E-state index in [-0.39, 0.29) is 6.04 Å². The SMILES string of the molecule is CNC(c1ccc(C)cc1)c1cc(Cl)cc(Br)c1. The first kappa shape index (κ1) is 13.6. The van der Waals surface area contributed by atoms with Crippen LogP contribution in [0.15, 0.2) is 46.9 Å². The van der Waals surface area contributed by atoms with Gasteiger partial charge < -0.3 is 5.32 Å². The van der Waals surface area contributed by atoms with Gasteiger partial charge in [-0.3, -0.25) is 0 Å². The molecular formula is C15H15BrClN. The molecule has 94 valence electrons. The van der Waals surface area contributed by atoms with E-state index in [9.17, 15) is 0 Å². The van der Waals surface area contributed by atoms with Gasteiger partial charge in [-0.2, -0.15) is 0 Å². The molecule has 0 bridgehead atoms. The number of aryl methyl sites for hydroxylation is 1.